The molecule has 0 aliphatic carbocycles. The summed E-state index contributed by atoms with van der Waals surface area (Å²) >= 11 is 0. The van der Waals surface area contributed by atoms with Crippen LogP contribution in [0.3, 0.4) is 0 Å². The molecular formula is C15H21NO4. The van der Waals surface area contributed by atoms with E-state index in [9.17, 15) is 9.59 Å². The molecule has 1 atom stereocenters. The predicted molar refractivity (Wildman–Crippen MR) is 73.8 cm³/mol. The van der Waals surface area contributed by atoms with Crippen molar-refractivity contribution in [1.29, 1.82) is 0 Å². The van der Waals surface area contributed by atoms with Crippen molar-refractivity contribution < 1.29 is 19.1 Å². The maximum Gasteiger partial charge on any atom is 0.340 e. The van der Waals surface area contributed by atoms with Gasteiger partial charge in [0.25, 0.3) is 0 Å². The molecule has 0 saturated carbocycles. The molecule has 1 aromatic rings. The van der Waals surface area contributed by atoms with E-state index in [0.29, 0.717) is 23.7 Å². The van der Waals surface area contributed by atoms with Crippen LogP contribution in [-0.4, -0.2) is 29.7 Å². The molecule has 2 rings (SSSR count). The van der Waals surface area contributed by atoms with E-state index in [1.54, 1.807) is 20.0 Å². The standard InChI is InChI=1S/C15H21NO4/c1-4-19-14(17)11-9-16-8-10(3)6-7-12(16)13(11)15(18)20-5-2/h9-10H,4-8H2,1-3H3. The summed E-state index contributed by atoms with van der Waals surface area (Å²) in [5.74, 6) is -0.344. The Labute approximate surface area is 118 Å². The quantitative estimate of drug-likeness (QED) is 0.794. The zero-order valence-corrected chi connectivity index (χ0v) is 12.3. The van der Waals surface area contributed by atoms with Gasteiger partial charge in [-0.2, -0.15) is 0 Å². The van der Waals surface area contributed by atoms with Crippen molar-refractivity contribution in [2.45, 2.75) is 40.2 Å². The zero-order valence-electron chi connectivity index (χ0n) is 12.3. The lowest BCUT2D eigenvalue weighted by Gasteiger charge is -2.21. The number of aromatic nitrogens is 1. The molecule has 2 heterocycles. The first kappa shape index (κ1) is 14.6. The van der Waals surface area contributed by atoms with Gasteiger partial charge in [-0.05, 0) is 32.6 Å². The van der Waals surface area contributed by atoms with E-state index in [0.717, 1.165) is 25.1 Å². The molecule has 0 bridgehead atoms. The molecule has 5 heteroatoms. The lowest BCUT2D eigenvalue weighted by atomic mass is 9.98. The van der Waals surface area contributed by atoms with Crippen LogP contribution in [0, 0.1) is 5.92 Å². The molecule has 1 aliphatic rings. The minimum absolute atomic E-state index is 0.290. The van der Waals surface area contributed by atoms with Crippen LogP contribution in [0.1, 0.15) is 53.6 Å². The van der Waals surface area contributed by atoms with Gasteiger partial charge in [-0.3, -0.25) is 0 Å². The monoisotopic (exact) mass is 279 g/mol. The highest BCUT2D eigenvalue weighted by atomic mass is 16.5. The highest BCUT2D eigenvalue weighted by molar-refractivity contribution is 6.04. The van der Waals surface area contributed by atoms with Gasteiger partial charge in [0.2, 0.25) is 0 Å². The highest BCUT2D eigenvalue weighted by Gasteiger charge is 2.30. The zero-order chi connectivity index (χ0) is 14.7. The maximum atomic E-state index is 12.1. The molecule has 20 heavy (non-hydrogen) atoms. The van der Waals surface area contributed by atoms with Gasteiger partial charge in [0, 0.05) is 18.4 Å². The molecular weight excluding hydrogens is 258 g/mol. The van der Waals surface area contributed by atoms with Gasteiger partial charge in [-0.25, -0.2) is 9.59 Å². The third kappa shape index (κ3) is 2.71. The summed E-state index contributed by atoms with van der Waals surface area (Å²) < 4.78 is 12.1. The molecule has 110 valence electrons. The van der Waals surface area contributed by atoms with Gasteiger partial charge in [0.05, 0.1) is 24.3 Å². The van der Waals surface area contributed by atoms with Crippen molar-refractivity contribution in [2.24, 2.45) is 5.92 Å². The summed E-state index contributed by atoms with van der Waals surface area (Å²) in [6.45, 7) is 7.07. The van der Waals surface area contributed by atoms with Gasteiger partial charge >= 0.3 is 11.9 Å². The van der Waals surface area contributed by atoms with Crippen molar-refractivity contribution in [3.05, 3.63) is 23.0 Å². The van der Waals surface area contributed by atoms with Crippen molar-refractivity contribution in [3.8, 4) is 0 Å². The first-order chi connectivity index (χ1) is 9.58. The van der Waals surface area contributed by atoms with E-state index in [1.165, 1.54) is 0 Å². The summed E-state index contributed by atoms with van der Waals surface area (Å²) in [6.07, 6.45) is 3.53. The van der Waals surface area contributed by atoms with E-state index in [1.807, 2.05) is 4.57 Å². The average Bonchev–Trinajstić information content (AvgIpc) is 2.77. The van der Waals surface area contributed by atoms with Gasteiger partial charge in [-0.15, -0.1) is 0 Å². The molecule has 0 amide bonds. The van der Waals surface area contributed by atoms with Gasteiger partial charge in [0.15, 0.2) is 0 Å². The SMILES string of the molecule is CCOC(=O)c1cn2c(c1C(=O)OCC)CCC(C)C2. The fraction of sp³-hybridized carbons (Fsp3) is 0.600. The number of fused-ring (bicyclic) bond motifs is 1. The number of carbonyl (C=O) groups excluding carboxylic acids is 2. The van der Waals surface area contributed by atoms with Gasteiger partial charge in [0.1, 0.15) is 0 Å². The Morgan fingerprint density at radius 1 is 1.25 bits per heavy atom. The molecule has 0 saturated heterocycles. The second kappa shape index (κ2) is 6.11. The van der Waals surface area contributed by atoms with Crippen molar-refractivity contribution >= 4 is 11.9 Å². The Bertz CT molecular complexity index is 518. The van der Waals surface area contributed by atoms with Gasteiger partial charge < -0.3 is 14.0 Å². The molecule has 1 aliphatic heterocycles. The van der Waals surface area contributed by atoms with Crippen LogP contribution in [0.4, 0.5) is 0 Å². The number of esters is 2. The predicted octanol–water partition coefficient (Wildman–Crippen LogP) is 2.42. The Morgan fingerprint density at radius 2 is 1.90 bits per heavy atom. The fourth-order valence-corrected chi connectivity index (χ4v) is 2.63. The van der Waals surface area contributed by atoms with Crippen LogP contribution in [0.5, 0.6) is 0 Å². The van der Waals surface area contributed by atoms with Crippen LogP contribution in [0.15, 0.2) is 6.20 Å². The maximum absolute atomic E-state index is 12.1. The second-order valence-electron chi connectivity index (χ2n) is 5.10. The number of ether oxygens (including phenoxy) is 2. The lowest BCUT2D eigenvalue weighted by molar-refractivity contribution is 0.0479. The topological polar surface area (TPSA) is 57.5 Å². The van der Waals surface area contributed by atoms with E-state index < -0.39 is 11.9 Å². The minimum Gasteiger partial charge on any atom is -0.462 e. The first-order valence-electron chi connectivity index (χ1n) is 7.14. The lowest BCUT2D eigenvalue weighted by Crippen LogP contribution is -2.19. The van der Waals surface area contributed by atoms with Crippen LogP contribution >= 0.6 is 0 Å². The molecule has 1 aromatic heterocycles. The third-order valence-corrected chi connectivity index (χ3v) is 3.55. The largest absolute Gasteiger partial charge is 0.462 e. The fourth-order valence-electron chi connectivity index (χ4n) is 2.63. The Balaban J connectivity index is 2.44. The molecule has 5 nitrogen and oxygen atoms in total. The number of nitrogens with zero attached hydrogens (tertiary/aromatic N) is 1. The molecule has 0 aromatic carbocycles. The minimum atomic E-state index is -0.454. The number of hydrogen-bond acceptors (Lipinski definition) is 4. The Morgan fingerprint density at radius 3 is 2.55 bits per heavy atom. The summed E-state index contributed by atoms with van der Waals surface area (Å²) in [4.78, 5) is 24.2. The third-order valence-electron chi connectivity index (χ3n) is 3.55. The van der Waals surface area contributed by atoms with Crippen LogP contribution in [0.2, 0.25) is 0 Å². The van der Waals surface area contributed by atoms with Crippen LogP contribution < -0.4 is 0 Å². The molecule has 0 spiro atoms. The summed E-state index contributed by atoms with van der Waals surface area (Å²) in [7, 11) is 0. The van der Waals surface area contributed by atoms with E-state index in [-0.39, 0.29) is 6.61 Å². The molecule has 0 radical (unpaired) electrons. The van der Waals surface area contributed by atoms with Crippen molar-refractivity contribution in [3.63, 3.8) is 0 Å². The van der Waals surface area contributed by atoms with Gasteiger partial charge in [-0.1, -0.05) is 6.92 Å². The summed E-state index contributed by atoms with van der Waals surface area (Å²) in [5, 5.41) is 0. The Kier molecular flexibility index (Phi) is 4.47. The number of hydrogen-bond donors (Lipinski definition) is 0. The average molecular weight is 279 g/mol. The van der Waals surface area contributed by atoms with Crippen molar-refractivity contribution in [2.75, 3.05) is 13.2 Å². The first-order valence-corrected chi connectivity index (χ1v) is 7.14. The molecule has 0 N–H and O–H groups in total. The van der Waals surface area contributed by atoms with E-state index >= 15 is 0 Å². The number of carbonyl (C=O) groups is 2. The van der Waals surface area contributed by atoms with E-state index in [4.69, 9.17) is 9.47 Å². The summed E-state index contributed by atoms with van der Waals surface area (Å²) in [5.41, 5.74) is 1.61. The van der Waals surface area contributed by atoms with Crippen LogP contribution in [0.25, 0.3) is 0 Å². The van der Waals surface area contributed by atoms with Crippen molar-refractivity contribution in [1.82, 2.24) is 4.57 Å². The smallest absolute Gasteiger partial charge is 0.340 e. The second-order valence-corrected chi connectivity index (χ2v) is 5.10. The van der Waals surface area contributed by atoms with Crippen LogP contribution in [-0.2, 0) is 22.4 Å². The number of rotatable bonds is 4. The highest BCUT2D eigenvalue weighted by Crippen LogP contribution is 2.28. The molecule has 0 fully saturated rings. The van der Waals surface area contributed by atoms with E-state index in [2.05, 4.69) is 6.92 Å². The molecule has 1 unspecified atom stereocenters. The summed E-state index contributed by atoms with van der Waals surface area (Å²) in [6, 6.07) is 0. The normalized spacial score (nSPS) is 17.4. The Hall–Kier alpha value is -1.78.